The number of aryl methyl sites for hydroxylation is 1. The van der Waals surface area contributed by atoms with Crippen LogP contribution >= 0.6 is 0 Å². The summed E-state index contributed by atoms with van der Waals surface area (Å²) in [6.45, 7) is 7.49. The summed E-state index contributed by atoms with van der Waals surface area (Å²) in [5, 5.41) is 10.2. The summed E-state index contributed by atoms with van der Waals surface area (Å²) in [5.74, 6) is -0.287. The van der Waals surface area contributed by atoms with Crippen LogP contribution in [0.25, 0.3) is 10.9 Å². The summed E-state index contributed by atoms with van der Waals surface area (Å²) in [6, 6.07) is 5.43. The Morgan fingerprint density at radius 1 is 1.37 bits per heavy atom. The molecule has 0 saturated carbocycles. The van der Waals surface area contributed by atoms with E-state index in [-0.39, 0.29) is 0 Å². The van der Waals surface area contributed by atoms with Crippen molar-refractivity contribution >= 4 is 16.9 Å². The van der Waals surface area contributed by atoms with E-state index in [1.807, 2.05) is 6.07 Å². The highest BCUT2D eigenvalue weighted by atomic mass is 16.4. The molecule has 2 rings (SSSR count). The molecule has 0 amide bonds. The van der Waals surface area contributed by atoms with E-state index < -0.39 is 5.97 Å². The average Bonchev–Trinajstić information content (AvgIpc) is 2.67. The highest BCUT2D eigenvalue weighted by Gasteiger charge is 2.12. The van der Waals surface area contributed by atoms with Crippen LogP contribution in [0.4, 0.5) is 0 Å². The van der Waals surface area contributed by atoms with Crippen LogP contribution in [-0.2, 0) is 13.0 Å². The molecule has 102 valence electrons. The molecule has 0 atom stereocenters. The van der Waals surface area contributed by atoms with Gasteiger partial charge in [-0.3, -0.25) is 0 Å². The molecule has 0 bridgehead atoms. The number of carboxylic acids is 1. The number of benzene rings is 1. The van der Waals surface area contributed by atoms with Gasteiger partial charge in [-0.15, -0.1) is 0 Å². The molecule has 1 aromatic carbocycles. The summed E-state index contributed by atoms with van der Waals surface area (Å²) < 4.78 is 2.25. The van der Waals surface area contributed by atoms with Crippen molar-refractivity contribution in [2.75, 3.05) is 0 Å². The summed E-state index contributed by atoms with van der Waals surface area (Å²) in [7, 11) is 0. The van der Waals surface area contributed by atoms with Crippen molar-refractivity contribution in [3.05, 3.63) is 35.5 Å². The second kappa shape index (κ2) is 5.47. The molecule has 0 radical (unpaired) electrons. The van der Waals surface area contributed by atoms with Gasteiger partial charge in [0.2, 0.25) is 0 Å². The summed E-state index contributed by atoms with van der Waals surface area (Å²) in [6.07, 6.45) is 4.24. The Morgan fingerprint density at radius 2 is 2.11 bits per heavy atom. The summed E-state index contributed by atoms with van der Waals surface area (Å²) >= 11 is 0. The van der Waals surface area contributed by atoms with E-state index in [2.05, 4.69) is 31.5 Å². The molecule has 0 aliphatic carbocycles. The number of carboxylic acid groups (broad SMARTS) is 1. The number of aromatic nitrogens is 1. The van der Waals surface area contributed by atoms with E-state index in [1.165, 1.54) is 5.56 Å². The lowest BCUT2D eigenvalue weighted by molar-refractivity contribution is 0.0697. The third kappa shape index (κ3) is 2.80. The Morgan fingerprint density at radius 3 is 2.68 bits per heavy atom. The van der Waals surface area contributed by atoms with Crippen molar-refractivity contribution in [2.45, 2.75) is 40.2 Å². The van der Waals surface area contributed by atoms with E-state index >= 15 is 0 Å². The first kappa shape index (κ1) is 13.7. The van der Waals surface area contributed by atoms with Gasteiger partial charge in [0, 0.05) is 23.6 Å². The van der Waals surface area contributed by atoms with Gasteiger partial charge in [-0.1, -0.05) is 27.2 Å². The van der Waals surface area contributed by atoms with E-state index in [4.69, 9.17) is 5.11 Å². The predicted molar refractivity (Wildman–Crippen MR) is 77.7 cm³/mol. The van der Waals surface area contributed by atoms with Gasteiger partial charge in [0.25, 0.3) is 0 Å². The maximum Gasteiger partial charge on any atom is 0.335 e. The second-order valence-corrected chi connectivity index (χ2v) is 5.49. The average molecular weight is 259 g/mol. The quantitative estimate of drug-likeness (QED) is 0.883. The Balaban J connectivity index is 2.57. The summed E-state index contributed by atoms with van der Waals surface area (Å²) in [5.41, 5.74) is 2.76. The second-order valence-electron chi connectivity index (χ2n) is 5.49. The van der Waals surface area contributed by atoms with Crippen molar-refractivity contribution in [3.63, 3.8) is 0 Å². The Bertz CT molecular complexity index is 596. The van der Waals surface area contributed by atoms with Crippen LogP contribution in [-0.4, -0.2) is 15.6 Å². The van der Waals surface area contributed by atoms with E-state index in [0.29, 0.717) is 11.5 Å². The molecule has 19 heavy (non-hydrogen) atoms. The zero-order valence-corrected chi connectivity index (χ0v) is 11.8. The summed E-state index contributed by atoms with van der Waals surface area (Å²) in [4.78, 5) is 11.1. The molecule has 1 heterocycles. The largest absolute Gasteiger partial charge is 0.478 e. The molecule has 0 saturated heterocycles. The molecule has 0 aliphatic rings. The SMILES string of the molecule is CCCc1cn(CC(C)C)c2ccc(C(=O)O)cc12. The zero-order valence-electron chi connectivity index (χ0n) is 11.8. The van der Waals surface area contributed by atoms with Gasteiger partial charge in [0.05, 0.1) is 5.56 Å². The minimum atomic E-state index is -0.860. The lowest BCUT2D eigenvalue weighted by Gasteiger charge is -2.08. The predicted octanol–water partition coefficient (Wildman–Crippen LogP) is 3.95. The Labute approximate surface area is 113 Å². The van der Waals surface area contributed by atoms with Gasteiger partial charge in [-0.2, -0.15) is 0 Å². The minimum absolute atomic E-state index is 0.368. The fourth-order valence-electron chi connectivity index (χ4n) is 2.52. The normalized spacial score (nSPS) is 11.4. The molecule has 0 aliphatic heterocycles. The number of hydrogen-bond donors (Lipinski definition) is 1. The molecular formula is C16H21NO2. The van der Waals surface area contributed by atoms with Crippen molar-refractivity contribution in [1.29, 1.82) is 0 Å². The third-order valence-electron chi connectivity index (χ3n) is 3.29. The maximum atomic E-state index is 11.1. The van der Waals surface area contributed by atoms with Crippen molar-refractivity contribution in [1.82, 2.24) is 4.57 Å². The van der Waals surface area contributed by atoms with E-state index in [9.17, 15) is 4.79 Å². The highest BCUT2D eigenvalue weighted by Crippen LogP contribution is 2.25. The van der Waals surface area contributed by atoms with Crippen LogP contribution in [0.3, 0.4) is 0 Å². The number of aromatic carboxylic acids is 1. The van der Waals surface area contributed by atoms with Crippen LogP contribution in [0.1, 0.15) is 43.1 Å². The van der Waals surface area contributed by atoms with Crippen LogP contribution in [0.5, 0.6) is 0 Å². The molecular weight excluding hydrogens is 238 g/mol. The van der Waals surface area contributed by atoms with Crippen LogP contribution in [0.2, 0.25) is 0 Å². The first-order valence-corrected chi connectivity index (χ1v) is 6.88. The number of hydrogen-bond acceptors (Lipinski definition) is 1. The molecule has 3 nitrogen and oxygen atoms in total. The molecule has 1 N–H and O–H groups in total. The number of nitrogens with zero attached hydrogens (tertiary/aromatic N) is 1. The van der Waals surface area contributed by atoms with Gasteiger partial charge in [-0.25, -0.2) is 4.79 Å². The fourth-order valence-corrected chi connectivity index (χ4v) is 2.52. The molecule has 2 aromatic rings. The lowest BCUT2D eigenvalue weighted by Crippen LogP contribution is -2.03. The zero-order chi connectivity index (χ0) is 14.0. The topological polar surface area (TPSA) is 42.2 Å². The van der Waals surface area contributed by atoms with Gasteiger partial charge in [0.1, 0.15) is 0 Å². The number of fused-ring (bicyclic) bond motifs is 1. The Hall–Kier alpha value is -1.77. The maximum absolute atomic E-state index is 11.1. The molecule has 0 fully saturated rings. The molecule has 0 spiro atoms. The lowest BCUT2D eigenvalue weighted by atomic mass is 10.1. The number of carbonyl (C=O) groups is 1. The van der Waals surface area contributed by atoms with Crippen molar-refractivity contribution in [3.8, 4) is 0 Å². The first-order chi connectivity index (χ1) is 9.02. The van der Waals surface area contributed by atoms with Crippen molar-refractivity contribution < 1.29 is 9.90 Å². The number of rotatable bonds is 5. The first-order valence-electron chi connectivity index (χ1n) is 6.88. The highest BCUT2D eigenvalue weighted by molar-refractivity contribution is 5.95. The minimum Gasteiger partial charge on any atom is -0.478 e. The monoisotopic (exact) mass is 259 g/mol. The molecule has 0 unspecified atom stereocenters. The van der Waals surface area contributed by atoms with Gasteiger partial charge in [0.15, 0.2) is 0 Å². The smallest absolute Gasteiger partial charge is 0.335 e. The van der Waals surface area contributed by atoms with Gasteiger partial charge < -0.3 is 9.67 Å². The Kier molecular flexibility index (Phi) is 3.93. The van der Waals surface area contributed by atoms with E-state index in [1.54, 1.807) is 12.1 Å². The van der Waals surface area contributed by atoms with Crippen LogP contribution in [0.15, 0.2) is 24.4 Å². The van der Waals surface area contributed by atoms with Crippen LogP contribution in [0, 0.1) is 5.92 Å². The molecule has 3 heteroatoms. The van der Waals surface area contributed by atoms with Gasteiger partial charge >= 0.3 is 5.97 Å². The fraction of sp³-hybridized carbons (Fsp3) is 0.438. The van der Waals surface area contributed by atoms with Crippen LogP contribution < -0.4 is 0 Å². The van der Waals surface area contributed by atoms with E-state index in [0.717, 1.165) is 30.3 Å². The third-order valence-corrected chi connectivity index (χ3v) is 3.29. The molecule has 1 aromatic heterocycles. The standard InChI is InChI=1S/C16H21NO2/c1-4-5-13-10-17(9-11(2)3)15-7-6-12(16(18)19)8-14(13)15/h6-8,10-11H,4-5,9H2,1-3H3,(H,18,19). The van der Waals surface area contributed by atoms with Gasteiger partial charge in [-0.05, 0) is 36.1 Å². The van der Waals surface area contributed by atoms with Crippen molar-refractivity contribution in [2.24, 2.45) is 5.92 Å².